The van der Waals surface area contributed by atoms with Crippen molar-refractivity contribution in [2.24, 2.45) is 11.7 Å². The number of hydrogen-bond acceptors (Lipinski definition) is 10. The predicted molar refractivity (Wildman–Crippen MR) is 139 cm³/mol. The van der Waals surface area contributed by atoms with E-state index in [1.165, 1.54) is 43.6 Å². The van der Waals surface area contributed by atoms with Gasteiger partial charge in [0.2, 0.25) is 5.89 Å². The van der Waals surface area contributed by atoms with Crippen LogP contribution in [-0.2, 0) is 16.1 Å². The minimum Gasteiger partial charge on any atom is -0.489 e. The fraction of sp³-hybridized carbons (Fsp3) is 0.360. The van der Waals surface area contributed by atoms with Crippen molar-refractivity contribution in [3.8, 4) is 23.0 Å². The number of carbonyl (C=O) groups excluding carboxylic acids is 2. The number of oxazole rings is 1. The highest BCUT2D eigenvalue weighted by Crippen LogP contribution is 2.37. The summed E-state index contributed by atoms with van der Waals surface area (Å²) in [6.07, 6.45) is 3.33. The highest BCUT2D eigenvalue weighted by Gasteiger charge is 2.27. The predicted octanol–water partition coefficient (Wildman–Crippen LogP) is 5.13. The van der Waals surface area contributed by atoms with Crippen molar-refractivity contribution in [2.45, 2.75) is 39.0 Å². The van der Waals surface area contributed by atoms with E-state index < -0.39 is 24.6 Å². The Morgan fingerprint density at radius 2 is 1.87 bits per heavy atom. The first-order valence-corrected chi connectivity index (χ1v) is 11.4. The van der Waals surface area contributed by atoms with E-state index in [0.29, 0.717) is 23.8 Å². The van der Waals surface area contributed by atoms with Crippen molar-refractivity contribution in [2.75, 3.05) is 13.7 Å². The molecule has 10 nitrogen and oxygen atoms in total. The Balaban J connectivity index is 0.00000267. The van der Waals surface area contributed by atoms with Crippen LogP contribution >= 0.6 is 24.8 Å². The number of halogens is 4. The molecule has 4 rings (SSSR count). The Hall–Kier alpha value is -3.48. The number of nitrogens with zero attached hydrogens (tertiary/aromatic N) is 2. The number of alkyl halides is 2. The Labute approximate surface area is 235 Å². The van der Waals surface area contributed by atoms with Gasteiger partial charge in [0.25, 0.3) is 0 Å². The lowest BCUT2D eigenvalue weighted by atomic mass is 10.2. The lowest BCUT2D eigenvalue weighted by Gasteiger charge is -2.12. The van der Waals surface area contributed by atoms with Crippen LogP contribution in [0.25, 0.3) is 11.5 Å². The minimum absolute atomic E-state index is 0. The number of benzene rings is 1. The molecule has 0 radical (unpaired) electrons. The summed E-state index contributed by atoms with van der Waals surface area (Å²) in [6, 6.07) is 6.55. The third-order valence-electron chi connectivity index (χ3n) is 5.44. The maximum Gasteiger partial charge on any atom is 0.387 e. The van der Waals surface area contributed by atoms with Crippen molar-refractivity contribution in [3.63, 3.8) is 0 Å². The second-order valence-electron chi connectivity index (χ2n) is 8.42. The molecular formula is C25H27Cl2F2N3O7. The van der Waals surface area contributed by atoms with E-state index in [1.54, 1.807) is 6.92 Å². The van der Waals surface area contributed by atoms with Crippen LogP contribution in [0.1, 0.15) is 58.1 Å². The van der Waals surface area contributed by atoms with Gasteiger partial charge in [-0.15, -0.1) is 24.8 Å². The Morgan fingerprint density at radius 1 is 1.13 bits per heavy atom. The molecule has 0 aliphatic heterocycles. The van der Waals surface area contributed by atoms with Crippen LogP contribution in [0.15, 0.2) is 40.9 Å². The second kappa shape index (κ2) is 14.1. The molecule has 14 heteroatoms. The zero-order valence-electron chi connectivity index (χ0n) is 20.9. The van der Waals surface area contributed by atoms with Gasteiger partial charge in [0, 0.05) is 11.8 Å². The summed E-state index contributed by atoms with van der Waals surface area (Å²) in [5.74, 6) is -0.865. The summed E-state index contributed by atoms with van der Waals surface area (Å²) >= 11 is 0. The molecule has 2 aromatic heterocycles. The summed E-state index contributed by atoms with van der Waals surface area (Å²) in [5.41, 5.74) is 6.86. The molecule has 1 aliphatic carbocycles. The zero-order valence-corrected chi connectivity index (χ0v) is 22.6. The van der Waals surface area contributed by atoms with Gasteiger partial charge < -0.3 is 29.1 Å². The lowest BCUT2D eigenvalue weighted by molar-refractivity contribution is -0.0515. The molecule has 0 bridgehead atoms. The number of carbonyl (C=O) groups is 2. The standard InChI is InChI=1S/C25H25F2N3O7.2ClH/c1-13(28)21-20(24(32)35-12-17-7-5-16(10-29-17)23(31)33-2)30-22(37-21)15-6-8-18(36-25(26)27)19(9-15)34-11-14-3-4-14;;/h5-10,13-14,25H,3-4,11-12,28H2,1-2H3;2*1H/t13-;;/m0../s1. The van der Waals surface area contributed by atoms with Crippen LogP contribution in [0.2, 0.25) is 0 Å². The van der Waals surface area contributed by atoms with Crippen LogP contribution in [0.5, 0.6) is 11.5 Å². The summed E-state index contributed by atoms with van der Waals surface area (Å²) < 4.78 is 51.6. The molecule has 0 amide bonds. The molecule has 2 N–H and O–H groups in total. The zero-order chi connectivity index (χ0) is 26.5. The van der Waals surface area contributed by atoms with Gasteiger partial charge in [0.15, 0.2) is 23.0 Å². The van der Waals surface area contributed by atoms with E-state index in [-0.39, 0.29) is 65.8 Å². The second-order valence-corrected chi connectivity index (χ2v) is 8.42. The molecule has 0 saturated heterocycles. The molecule has 3 aromatic rings. The first-order chi connectivity index (χ1) is 17.7. The minimum atomic E-state index is -3.02. The first kappa shape index (κ1) is 31.7. The first-order valence-electron chi connectivity index (χ1n) is 11.4. The van der Waals surface area contributed by atoms with Gasteiger partial charge >= 0.3 is 18.6 Å². The normalized spacial score (nSPS) is 13.1. The third-order valence-corrected chi connectivity index (χ3v) is 5.44. The van der Waals surface area contributed by atoms with Crippen molar-refractivity contribution < 1.29 is 41.7 Å². The fourth-order valence-electron chi connectivity index (χ4n) is 3.31. The van der Waals surface area contributed by atoms with E-state index >= 15 is 0 Å². The van der Waals surface area contributed by atoms with Crippen LogP contribution in [-0.4, -0.2) is 42.2 Å². The summed E-state index contributed by atoms with van der Waals surface area (Å²) in [5, 5.41) is 0. The van der Waals surface area contributed by atoms with Crippen LogP contribution < -0.4 is 15.2 Å². The van der Waals surface area contributed by atoms with Gasteiger partial charge in [-0.05, 0) is 56.0 Å². The highest BCUT2D eigenvalue weighted by molar-refractivity contribution is 5.89. The molecule has 1 aromatic carbocycles. The number of rotatable bonds is 11. The number of hydrogen-bond donors (Lipinski definition) is 1. The van der Waals surface area contributed by atoms with Crippen LogP contribution in [0, 0.1) is 5.92 Å². The molecular weight excluding hydrogens is 563 g/mol. The molecule has 0 spiro atoms. The summed E-state index contributed by atoms with van der Waals surface area (Å²) in [4.78, 5) is 32.7. The largest absolute Gasteiger partial charge is 0.489 e. The van der Waals surface area contributed by atoms with Gasteiger partial charge in [0.05, 0.1) is 31.0 Å². The average Bonchev–Trinajstić information content (AvgIpc) is 3.61. The fourth-order valence-corrected chi connectivity index (χ4v) is 3.31. The number of methoxy groups -OCH3 is 1. The summed E-state index contributed by atoms with van der Waals surface area (Å²) in [6.45, 7) is -1.24. The van der Waals surface area contributed by atoms with Gasteiger partial charge in [-0.3, -0.25) is 4.98 Å². The number of aromatic nitrogens is 2. The van der Waals surface area contributed by atoms with Crippen molar-refractivity contribution in [3.05, 3.63) is 59.2 Å². The maximum atomic E-state index is 12.8. The van der Waals surface area contributed by atoms with E-state index in [0.717, 1.165) is 12.8 Å². The molecule has 2 heterocycles. The molecule has 1 fully saturated rings. The molecule has 39 heavy (non-hydrogen) atoms. The molecule has 0 unspecified atom stereocenters. The van der Waals surface area contributed by atoms with Gasteiger partial charge in [-0.1, -0.05) is 0 Å². The van der Waals surface area contributed by atoms with Crippen molar-refractivity contribution >= 4 is 36.8 Å². The summed E-state index contributed by atoms with van der Waals surface area (Å²) in [7, 11) is 1.26. The van der Waals surface area contributed by atoms with E-state index in [4.69, 9.17) is 19.6 Å². The van der Waals surface area contributed by atoms with Gasteiger partial charge in [0.1, 0.15) is 6.61 Å². The Kier molecular flexibility index (Phi) is 11.4. The lowest BCUT2D eigenvalue weighted by Crippen LogP contribution is -2.13. The maximum absolute atomic E-state index is 12.8. The quantitative estimate of drug-likeness (QED) is 0.299. The number of ether oxygens (including phenoxy) is 4. The SMILES string of the molecule is COC(=O)c1ccc(COC(=O)c2nc(-c3ccc(OC(F)F)c(OCC4CC4)c3)oc2[C@H](C)N)nc1.Cl.Cl. The molecule has 1 saturated carbocycles. The van der Waals surface area contributed by atoms with Gasteiger partial charge in [-0.25, -0.2) is 14.6 Å². The van der Waals surface area contributed by atoms with Gasteiger partial charge in [-0.2, -0.15) is 8.78 Å². The molecule has 1 aliphatic rings. The Bertz CT molecular complexity index is 1270. The smallest absolute Gasteiger partial charge is 0.387 e. The van der Waals surface area contributed by atoms with E-state index in [1.807, 2.05) is 0 Å². The van der Waals surface area contributed by atoms with E-state index in [9.17, 15) is 18.4 Å². The highest BCUT2D eigenvalue weighted by atomic mass is 35.5. The van der Waals surface area contributed by atoms with Crippen molar-refractivity contribution in [1.29, 1.82) is 0 Å². The van der Waals surface area contributed by atoms with Crippen LogP contribution in [0.4, 0.5) is 8.78 Å². The average molecular weight is 590 g/mol. The van der Waals surface area contributed by atoms with Crippen molar-refractivity contribution in [1.82, 2.24) is 9.97 Å². The monoisotopic (exact) mass is 589 g/mol. The number of nitrogens with two attached hydrogens (primary N) is 1. The number of pyridine rings is 1. The number of esters is 2. The molecule has 212 valence electrons. The van der Waals surface area contributed by atoms with E-state index in [2.05, 4.69) is 19.4 Å². The topological polar surface area (TPSA) is 136 Å². The Morgan fingerprint density at radius 3 is 2.46 bits per heavy atom. The van der Waals surface area contributed by atoms with Crippen LogP contribution in [0.3, 0.4) is 0 Å². The third kappa shape index (κ3) is 8.25. The molecule has 1 atom stereocenters.